The van der Waals surface area contributed by atoms with Gasteiger partial charge < -0.3 is 15.6 Å². The highest BCUT2D eigenvalue weighted by Gasteiger charge is 2.20. The number of nitrogens with two attached hydrogens (primary N) is 1. The first-order valence-corrected chi connectivity index (χ1v) is 5.82. The molecule has 0 amide bonds. The zero-order chi connectivity index (χ0) is 13.7. The second kappa shape index (κ2) is 7.81. The number of ether oxygens (including phenoxy) is 1. The molecule has 0 spiro atoms. The van der Waals surface area contributed by atoms with Crippen LogP contribution in [0.15, 0.2) is 12.1 Å². The first-order valence-electron chi connectivity index (χ1n) is 5.82. The standard InChI is InChI=1S/C12H18N2O4.ClH/c1-3-4-5-10(13)9-6-8(14(16)17)7-11(18-2)12(9)15;/h6-7,10,15H,3-5,13H2,1-2H3;1H/t10-;/m0./s1. The number of halogens is 1. The Morgan fingerprint density at radius 3 is 2.63 bits per heavy atom. The molecule has 3 N–H and O–H groups in total. The van der Waals surface area contributed by atoms with Crippen molar-refractivity contribution in [2.24, 2.45) is 5.73 Å². The molecule has 0 aliphatic heterocycles. The van der Waals surface area contributed by atoms with Crippen LogP contribution in [0.2, 0.25) is 0 Å². The molecule has 19 heavy (non-hydrogen) atoms. The summed E-state index contributed by atoms with van der Waals surface area (Å²) in [5, 5.41) is 20.7. The van der Waals surface area contributed by atoms with Gasteiger partial charge in [-0.25, -0.2) is 0 Å². The van der Waals surface area contributed by atoms with Crippen LogP contribution in [0, 0.1) is 10.1 Å². The van der Waals surface area contributed by atoms with Crippen molar-refractivity contribution in [3.05, 3.63) is 27.8 Å². The van der Waals surface area contributed by atoms with E-state index in [0.29, 0.717) is 12.0 Å². The molecule has 0 aliphatic rings. The summed E-state index contributed by atoms with van der Waals surface area (Å²) in [5.41, 5.74) is 6.16. The predicted molar refractivity (Wildman–Crippen MR) is 75.0 cm³/mol. The van der Waals surface area contributed by atoms with E-state index in [4.69, 9.17) is 10.5 Å². The van der Waals surface area contributed by atoms with Gasteiger partial charge in [-0.2, -0.15) is 0 Å². The Bertz CT molecular complexity index is 440. The van der Waals surface area contributed by atoms with Gasteiger partial charge in [0.25, 0.3) is 5.69 Å². The number of nitro groups is 1. The van der Waals surface area contributed by atoms with Crippen molar-refractivity contribution >= 4 is 18.1 Å². The second-order valence-corrected chi connectivity index (χ2v) is 4.09. The summed E-state index contributed by atoms with van der Waals surface area (Å²) in [6.45, 7) is 2.03. The lowest BCUT2D eigenvalue weighted by Crippen LogP contribution is -2.11. The number of benzene rings is 1. The molecular formula is C12H19ClN2O4. The molecule has 0 aromatic heterocycles. The minimum atomic E-state index is -0.530. The number of phenolic OH excluding ortho intramolecular Hbond substituents is 1. The van der Waals surface area contributed by atoms with Crippen molar-refractivity contribution in [1.82, 2.24) is 0 Å². The highest BCUT2D eigenvalue weighted by Crippen LogP contribution is 2.38. The number of aromatic hydroxyl groups is 1. The normalized spacial score (nSPS) is 11.5. The topological polar surface area (TPSA) is 98.6 Å². The van der Waals surface area contributed by atoms with Crippen LogP contribution in [0.25, 0.3) is 0 Å². The summed E-state index contributed by atoms with van der Waals surface area (Å²) in [5.74, 6) is -0.0437. The third-order valence-corrected chi connectivity index (χ3v) is 2.79. The van der Waals surface area contributed by atoms with Gasteiger partial charge in [0.1, 0.15) is 0 Å². The summed E-state index contributed by atoms with van der Waals surface area (Å²) < 4.78 is 4.92. The van der Waals surface area contributed by atoms with Gasteiger partial charge >= 0.3 is 0 Å². The van der Waals surface area contributed by atoms with Crippen LogP contribution in [-0.2, 0) is 0 Å². The number of methoxy groups -OCH3 is 1. The molecule has 0 unspecified atom stereocenters. The second-order valence-electron chi connectivity index (χ2n) is 4.09. The number of hydrogen-bond acceptors (Lipinski definition) is 5. The SMILES string of the molecule is CCCC[C@H](N)c1cc([N+](=O)[O-])cc(OC)c1O.Cl. The van der Waals surface area contributed by atoms with Crippen LogP contribution in [0.1, 0.15) is 37.8 Å². The number of non-ortho nitro benzene ring substituents is 1. The van der Waals surface area contributed by atoms with Gasteiger partial charge in [-0.1, -0.05) is 19.8 Å². The lowest BCUT2D eigenvalue weighted by molar-refractivity contribution is -0.385. The summed E-state index contributed by atoms with van der Waals surface area (Å²) in [4.78, 5) is 10.3. The molecule has 1 aromatic carbocycles. The monoisotopic (exact) mass is 290 g/mol. The largest absolute Gasteiger partial charge is 0.504 e. The Labute approximate surface area is 118 Å². The van der Waals surface area contributed by atoms with E-state index in [1.165, 1.54) is 19.2 Å². The van der Waals surface area contributed by atoms with E-state index in [2.05, 4.69) is 0 Å². The van der Waals surface area contributed by atoms with E-state index in [1.54, 1.807) is 0 Å². The van der Waals surface area contributed by atoms with Crippen LogP contribution in [0.4, 0.5) is 5.69 Å². The van der Waals surface area contributed by atoms with Crippen molar-refractivity contribution in [3.8, 4) is 11.5 Å². The Morgan fingerprint density at radius 1 is 1.53 bits per heavy atom. The van der Waals surface area contributed by atoms with E-state index in [1.807, 2.05) is 6.92 Å². The number of hydrogen-bond donors (Lipinski definition) is 2. The van der Waals surface area contributed by atoms with Crippen molar-refractivity contribution < 1.29 is 14.8 Å². The number of rotatable bonds is 6. The fraction of sp³-hybridized carbons (Fsp3) is 0.500. The number of phenols is 1. The average molecular weight is 291 g/mol. The lowest BCUT2D eigenvalue weighted by Gasteiger charge is -2.15. The van der Waals surface area contributed by atoms with Gasteiger partial charge in [0.2, 0.25) is 0 Å². The average Bonchev–Trinajstić information content (AvgIpc) is 2.35. The molecule has 0 saturated carbocycles. The summed E-state index contributed by atoms with van der Waals surface area (Å²) >= 11 is 0. The summed E-state index contributed by atoms with van der Waals surface area (Å²) in [7, 11) is 1.35. The van der Waals surface area contributed by atoms with Crippen molar-refractivity contribution in [2.75, 3.05) is 7.11 Å². The molecule has 0 aliphatic carbocycles. The van der Waals surface area contributed by atoms with Gasteiger partial charge in [0.15, 0.2) is 11.5 Å². The van der Waals surface area contributed by atoms with E-state index in [0.717, 1.165) is 12.8 Å². The zero-order valence-electron chi connectivity index (χ0n) is 11.0. The highest BCUT2D eigenvalue weighted by molar-refractivity contribution is 5.85. The molecule has 0 saturated heterocycles. The Morgan fingerprint density at radius 2 is 2.16 bits per heavy atom. The highest BCUT2D eigenvalue weighted by atomic mass is 35.5. The fourth-order valence-corrected chi connectivity index (χ4v) is 1.74. The number of unbranched alkanes of at least 4 members (excludes halogenated alkanes) is 1. The molecule has 7 heteroatoms. The van der Waals surface area contributed by atoms with Crippen LogP contribution in [0.3, 0.4) is 0 Å². The van der Waals surface area contributed by atoms with Gasteiger partial charge in [0, 0.05) is 17.7 Å². The van der Waals surface area contributed by atoms with Crippen molar-refractivity contribution in [1.29, 1.82) is 0 Å². The maximum Gasteiger partial charge on any atom is 0.273 e. The number of nitrogens with zero attached hydrogens (tertiary/aromatic N) is 1. The molecule has 0 radical (unpaired) electrons. The Hall–Kier alpha value is -1.53. The summed E-state index contributed by atoms with van der Waals surface area (Å²) in [6.07, 6.45) is 2.53. The first-order chi connectivity index (χ1) is 8.51. The van der Waals surface area contributed by atoms with Crippen LogP contribution >= 0.6 is 12.4 Å². The molecular weight excluding hydrogens is 272 g/mol. The van der Waals surface area contributed by atoms with Gasteiger partial charge in [-0.15, -0.1) is 12.4 Å². The van der Waals surface area contributed by atoms with Crippen LogP contribution in [0.5, 0.6) is 11.5 Å². The quantitative estimate of drug-likeness (QED) is 0.620. The first kappa shape index (κ1) is 17.5. The molecule has 1 aromatic rings. The maximum absolute atomic E-state index is 10.8. The molecule has 6 nitrogen and oxygen atoms in total. The fourth-order valence-electron chi connectivity index (χ4n) is 1.74. The zero-order valence-corrected chi connectivity index (χ0v) is 11.8. The van der Waals surface area contributed by atoms with E-state index in [9.17, 15) is 15.2 Å². The summed E-state index contributed by atoms with van der Waals surface area (Å²) in [6, 6.07) is 2.06. The van der Waals surface area contributed by atoms with Crippen LogP contribution < -0.4 is 10.5 Å². The molecule has 1 rings (SSSR count). The van der Waals surface area contributed by atoms with E-state index in [-0.39, 0.29) is 29.6 Å². The molecule has 1 atom stereocenters. The Balaban J connectivity index is 0.00000324. The van der Waals surface area contributed by atoms with Crippen molar-refractivity contribution in [3.63, 3.8) is 0 Å². The van der Waals surface area contributed by atoms with E-state index >= 15 is 0 Å². The molecule has 108 valence electrons. The Kier molecular flexibility index (Phi) is 7.18. The predicted octanol–water partition coefficient (Wildman–Crippen LogP) is 2.92. The van der Waals surface area contributed by atoms with E-state index < -0.39 is 11.0 Å². The lowest BCUT2D eigenvalue weighted by atomic mass is 10.00. The minimum absolute atomic E-state index is 0. The minimum Gasteiger partial charge on any atom is -0.504 e. The van der Waals surface area contributed by atoms with Gasteiger partial charge in [-0.3, -0.25) is 10.1 Å². The maximum atomic E-state index is 10.8. The molecule has 0 bridgehead atoms. The third kappa shape index (κ3) is 4.25. The smallest absolute Gasteiger partial charge is 0.273 e. The van der Waals surface area contributed by atoms with Gasteiger partial charge in [-0.05, 0) is 6.42 Å². The molecule has 0 heterocycles. The van der Waals surface area contributed by atoms with Crippen molar-refractivity contribution in [2.45, 2.75) is 32.2 Å². The third-order valence-electron chi connectivity index (χ3n) is 2.79. The van der Waals surface area contributed by atoms with Gasteiger partial charge in [0.05, 0.1) is 18.1 Å². The number of nitro benzene ring substituents is 1. The van der Waals surface area contributed by atoms with Crippen LogP contribution in [-0.4, -0.2) is 17.1 Å². The molecule has 0 fully saturated rings.